The molecular formula is C32H35BrN2O9S. The molecule has 240 valence electrons. The number of allylic oxidation sites excluding steroid dienone is 1. The molecule has 0 spiro atoms. The molecule has 2 heterocycles. The van der Waals surface area contributed by atoms with Gasteiger partial charge in [-0.25, -0.2) is 14.6 Å². The van der Waals surface area contributed by atoms with E-state index in [1.165, 1.54) is 23.0 Å². The fourth-order valence-electron chi connectivity index (χ4n) is 4.77. The van der Waals surface area contributed by atoms with Crippen molar-refractivity contribution in [3.8, 4) is 23.0 Å². The first-order chi connectivity index (χ1) is 21.7. The molecule has 45 heavy (non-hydrogen) atoms. The van der Waals surface area contributed by atoms with E-state index in [1.54, 1.807) is 57.2 Å². The molecule has 0 N–H and O–H groups in total. The van der Waals surface area contributed by atoms with Crippen molar-refractivity contribution < 1.29 is 38.0 Å². The predicted molar refractivity (Wildman–Crippen MR) is 172 cm³/mol. The highest BCUT2D eigenvalue weighted by Gasteiger charge is 2.35. The summed E-state index contributed by atoms with van der Waals surface area (Å²) in [7, 11) is 1.53. The van der Waals surface area contributed by atoms with Crippen molar-refractivity contribution in [2.45, 2.75) is 40.7 Å². The van der Waals surface area contributed by atoms with Crippen molar-refractivity contribution in [3.63, 3.8) is 0 Å². The third-order valence-electron chi connectivity index (χ3n) is 6.61. The summed E-state index contributed by atoms with van der Waals surface area (Å²) in [6.07, 6.45) is 1.72. The number of carbonyl (C=O) groups is 2. The van der Waals surface area contributed by atoms with Crippen molar-refractivity contribution in [2.75, 3.05) is 40.1 Å². The van der Waals surface area contributed by atoms with Gasteiger partial charge in [0.05, 0.1) is 55.4 Å². The fourth-order valence-corrected chi connectivity index (χ4v) is 6.35. The Balaban J connectivity index is 1.86. The second-order valence-corrected chi connectivity index (χ2v) is 11.4. The van der Waals surface area contributed by atoms with Gasteiger partial charge in [-0.2, -0.15) is 0 Å². The monoisotopic (exact) mass is 702 g/mol. The number of esters is 2. The van der Waals surface area contributed by atoms with Gasteiger partial charge < -0.3 is 28.4 Å². The maximum absolute atomic E-state index is 14.1. The van der Waals surface area contributed by atoms with Crippen molar-refractivity contribution in [1.29, 1.82) is 0 Å². The summed E-state index contributed by atoms with van der Waals surface area (Å²) in [6.45, 7) is 9.78. The highest BCUT2D eigenvalue weighted by atomic mass is 79.9. The van der Waals surface area contributed by atoms with Crippen LogP contribution in [-0.2, 0) is 19.1 Å². The maximum Gasteiger partial charge on any atom is 0.344 e. The topological polar surface area (TPSA) is 124 Å². The van der Waals surface area contributed by atoms with E-state index < -0.39 is 18.0 Å². The standard InChI is InChI=1S/C32H35BrN2O9S/c1-7-40-24-13-19(11-12-22(24)44-17-27(36)42-9-3)14-26-30(37)35-29(20-15-23(39-6)25(41-8-2)16-21(20)33)28(31(38)43-10-4)18(5)34-32(35)45-26/h11-16,29H,7-10,17H2,1-6H3/b26-14+/t29-/m1/s1. The molecule has 3 aromatic rings. The van der Waals surface area contributed by atoms with E-state index in [0.29, 0.717) is 66.8 Å². The molecule has 0 bridgehead atoms. The van der Waals surface area contributed by atoms with Crippen LogP contribution in [0.5, 0.6) is 23.0 Å². The molecule has 11 nitrogen and oxygen atoms in total. The molecule has 1 aliphatic rings. The van der Waals surface area contributed by atoms with Crippen molar-refractivity contribution >= 4 is 45.3 Å². The Morgan fingerprint density at radius 2 is 1.62 bits per heavy atom. The predicted octanol–water partition coefficient (Wildman–Crippen LogP) is 4.31. The Bertz CT molecular complexity index is 1790. The summed E-state index contributed by atoms with van der Waals surface area (Å²) < 4.78 is 35.5. The summed E-state index contributed by atoms with van der Waals surface area (Å²) in [5.74, 6) is 0.677. The van der Waals surface area contributed by atoms with Gasteiger partial charge in [-0.15, -0.1) is 0 Å². The first-order valence-corrected chi connectivity index (χ1v) is 16.0. The maximum atomic E-state index is 14.1. The van der Waals surface area contributed by atoms with E-state index in [4.69, 9.17) is 28.4 Å². The molecule has 0 aliphatic carbocycles. The van der Waals surface area contributed by atoms with Gasteiger partial charge in [0, 0.05) is 4.47 Å². The quantitative estimate of drug-likeness (QED) is 0.240. The normalized spacial score (nSPS) is 14.4. The molecule has 1 aliphatic heterocycles. The highest BCUT2D eigenvalue weighted by Crippen LogP contribution is 2.41. The molecule has 4 rings (SSSR count). The van der Waals surface area contributed by atoms with Gasteiger partial charge in [0.15, 0.2) is 34.4 Å². The highest BCUT2D eigenvalue weighted by molar-refractivity contribution is 9.10. The van der Waals surface area contributed by atoms with E-state index in [1.807, 2.05) is 13.8 Å². The van der Waals surface area contributed by atoms with Crippen LogP contribution < -0.4 is 33.8 Å². The SMILES string of the molecule is CCOC(=O)COc1ccc(/C=c2/sc3n(c2=O)[C@H](c2cc(OC)c(OCC)cc2Br)C(C(=O)OCC)=C(C)N=3)cc1OCC. The van der Waals surface area contributed by atoms with Gasteiger partial charge in [-0.05, 0) is 76.1 Å². The minimum absolute atomic E-state index is 0.155. The minimum Gasteiger partial charge on any atom is -0.493 e. The van der Waals surface area contributed by atoms with Crippen LogP contribution in [0.25, 0.3) is 6.08 Å². The number of rotatable bonds is 13. The Morgan fingerprint density at radius 1 is 0.933 bits per heavy atom. The van der Waals surface area contributed by atoms with Crippen LogP contribution in [-0.4, -0.2) is 56.6 Å². The average Bonchev–Trinajstić information content (AvgIpc) is 3.30. The number of benzene rings is 2. The number of carbonyl (C=O) groups excluding carboxylic acids is 2. The van der Waals surface area contributed by atoms with Crippen LogP contribution in [0.15, 0.2) is 55.9 Å². The van der Waals surface area contributed by atoms with E-state index in [9.17, 15) is 14.4 Å². The molecule has 0 saturated heterocycles. The third kappa shape index (κ3) is 7.42. The lowest BCUT2D eigenvalue weighted by Crippen LogP contribution is -2.40. The lowest BCUT2D eigenvalue weighted by atomic mass is 9.95. The van der Waals surface area contributed by atoms with E-state index in [0.717, 1.165) is 0 Å². The molecule has 2 aromatic carbocycles. The molecular weight excluding hydrogens is 668 g/mol. The summed E-state index contributed by atoms with van der Waals surface area (Å²) in [5.41, 5.74) is 1.59. The summed E-state index contributed by atoms with van der Waals surface area (Å²) in [5, 5.41) is 0. The van der Waals surface area contributed by atoms with Gasteiger partial charge in [-0.1, -0.05) is 33.3 Å². The van der Waals surface area contributed by atoms with Gasteiger partial charge in [0.2, 0.25) is 0 Å². The van der Waals surface area contributed by atoms with Crippen LogP contribution in [0.4, 0.5) is 0 Å². The number of thiazole rings is 1. The van der Waals surface area contributed by atoms with Crippen molar-refractivity contribution in [3.05, 3.63) is 76.9 Å². The molecule has 13 heteroatoms. The summed E-state index contributed by atoms with van der Waals surface area (Å²) in [6, 6.07) is 7.79. The Kier molecular flexibility index (Phi) is 11.5. The van der Waals surface area contributed by atoms with Gasteiger partial charge >= 0.3 is 11.9 Å². The molecule has 1 aromatic heterocycles. The second-order valence-electron chi connectivity index (χ2n) is 9.49. The van der Waals surface area contributed by atoms with Crippen molar-refractivity contribution in [2.24, 2.45) is 4.99 Å². The first-order valence-electron chi connectivity index (χ1n) is 14.4. The number of halogens is 1. The number of fused-ring (bicyclic) bond motifs is 1. The van der Waals surface area contributed by atoms with E-state index in [-0.39, 0.29) is 31.0 Å². The van der Waals surface area contributed by atoms with Crippen LogP contribution in [0, 0.1) is 0 Å². The molecule has 0 saturated carbocycles. The van der Waals surface area contributed by atoms with E-state index in [2.05, 4.69) is 20.9 Å². The number of hydrogen-bond donors (Lipinski definition) is 0. The van der Waals surface area contributed by atoms with Crippen LogP contribution in [0.1, 0.15) is 51.8 Å². The molecule has 0 amide bonds. The zero-order valence-electron chi connectivity index (χ0n) is 25.9. The van der Waals surface area contributed by atoms with Gasteiger partial charge in [0.1, 0.15) is 0 Å². The number of hydrogen-bond acceptors (Lipinski definition) is 11. The van der Waals surface area contributed by atoms with Gasteiger partial charge in [0.25, 0.3) is 5.56 Å². The number of methoxy groups -OCH3 is 1. The van der Waals surface area contributed by atoms with Crippen LogP contribution in [0.2, 0.25) is 0 Å². The zero-order chi connectivity index (χ0) is 32.7. The molecule has 0 unspecified atom stereocenters. The fraction of sp³-hybridized carbons (Fsp3) is 0.375. The van der Waals surface area contributed by atoms with Crippen molar-refractivity contribution in [1.82, 2.24) is 4.57 Å². The Labute approximate surface area is 272 Å². The first kappa shape index (κ1) is 33.8. The largest absolute Gasteiger partial charge is 0.493 e. The lowest BCUT2D eigenvalue weighted by molar-refractivity contribution is -0.145. The van der Waals surface area contributed by atoms with Crippen LogP contribution >= 0.6 is 27.3 Å². The second kappa shape index (κ2) is 15.3. The summed E-state index contributed by atoms with van der Waals surface area (Å²) in [4.78, 5) is 44.3. The Morgan fingerprint density at radius 3 is 2.27 bits per heavy atom. The number of nitrogens with zero attached hydrogens (tertiary/aromatic N) is 2. The van der Waals surface area contributed by atoms with Gasteiger partial charge in [-0.3, -0.25) is 9.36 Å². The lowest BCUT2D eigenvalue weighted by Gasteiger charge is -2.26. The minimum atomic E-state index is -0.862. The van der Waals surface area contributed by atoms with Crippen LogP contribution in [0.3, 0.4) is 0 Å². The Hall–Kier alpha value is -4.10. The zero-order valence-corrected chi connectivity index (χ0v) is 28.3. The number of ether oxygens (including phenoxy) is 6. The average molecular weight is 704 g/mol. The number of aromatic nitrogens is 1. The smallest absolute Gasteiger partial charge is 0.344 e. The summed E-state index contributed by atoms with van der Waals surface area (Å²) >= 11 is 4.83. The molecule has 0 fully saturated rings. The van der Waals surface area contributed by atoms with E-state index >= 15 is 0 Å². The molecule has 0 radical (unpaired) electrons. The third-order valence-corrected chi connectivity index (χ3v) is 8.28. The molecule has 1 atom stereocenters.